The fourth-order valence-electron chi connectivity index (χ4n) is 2.17. The van der Waals surface area contributed by atoms with Crippen molar-refractivity contribution >= 4 is 15.9 Å². The van der Waals surface area contributed by atoms with Gasteiger partial charge in [-0.3, -0.25) is 0 Å². The highest BCUT2D eigenvalue weighted by atomic mass is 79.9. The van der Waals surface area contributed by atoms with Crippen molar-refractivity contribution < 1.29 is 9.47 Å². The Labute approximate surface area is 116 Å². The van der Waals surface area contributed by atoms with Crippen LogP contribution < -0.4 is 4.74 Å². The van der Waals surface area contributed by atoms with Crippen LogP contribution in [0.3, 0.4) is 0 Å². The molecule has 18 heavy (non-hydrogen) atoms. The van der Waals surface area contributed by atoms with Gasteiger partial charge >= 0.3 is 0 Å². The van der Waals surface area contributed by atoms with Crippen molar-refractivity contribution in [1.29, 1.82) is 0 Å². The molecule has 2 unspecified atom stereocenters. The average Bonchev–Trinajstić information content (AvgIpc) is 2.90. The highest BCUT2D eigenvalue weighted by Crippen LogP contribution is 2.22. The monoisotopic (exact) mass is 314 g/mol. The largest absolute Gasteiger partial charge is 0.481 e. The summed E-state index contributed by atoms with van der Waals surface area (Å²) < 4.78 is 10.7. The smallest absolute Gasteiger partial charge is 0.216 e. The van der Waals surface area contributed by atoms with Gasteiger partial charge in [0.05, 0.1) is 13.2 Å². The summed E-state index contributed by atoms with van der Waals surface area (Å²) >= 11 is 3.71. The second-order valence-corrected chi connectivity index (χ2v) is 5.86. The number of hydrogen-bond acceptors (Lipinski definition) is 4. The van der Waals surface area contributed by atoms with Crippen LogP contribution in [0, 0.1) is 0 Å². The molecule has 0 aromatic carbocycles. The van der Waals surface area contributed by atoms with Crippen LogP contribution in [0.15, 0.2) is 12.4 Å². The van der Waals surface area contributed by atoms with Crippen molar-refractivity contribution in [3.05, 3.63) is 18.1 Å². The van der Waals surface area contributed by atoms with E-state index < -0.39 is 0 Å². The molecule has 0 amide bonds. The molecular formula is C13H19BrN2O2. The van der Waals surface area contributed by atoms with Crippen LogP contribution in [0.2, 0.25) is 0 Å². The van der Waals surface area contributed by atoms with Gasteiger partial charge in [0, 0.05) is 29.6 Å². The fraction of sp³-hybridized carbons (Fsp3) is 0.692. The topological polar surface area (TPSA) is 44.2 Å². The van der Waals surface area contributed by atoms with Gasteiger partial charge in [-0.1, -0.05) is 15.9 Å². The zero-order chi connectivity index (χ0) is 12.8. The third-order valence-electron chi connectivity index (χ3n) is 3.16. The third kappa shape index (κ3) is 4.21. The number of hydrogen-bond donors (Lipinski definition) is 0. The number of ether oxygens (including phenoxy) is 2. The van der Waals surface area contributed by atoms with Crippen LogP contribution in [0.4, 0.5) is 0 Å². The molecule has 2 atom stereocenters. The summed E-state index contributed by atoms with van der Waals surface area (Å²) in [5.74, 6) is 0.624. The molecular weight excluding hydrogens is 296 g/mol. The van der Waals surface area contributed by atoms with Gasteiger partial charge in [0.2, 0.25) is 5.88 Å². The first-order valence-corrected chi connectivity index (χ1v) is 7.30. The summed E-state index contributed by atoms with van der Waals surface area (Å²) in [6.07, 6.45) is 7.56. The van der Waals surface area contributed by atoms with Crippen LogP contribution >= 0.6 is 15.9 Å². The van der Waals surface area contributed by atoms with E-state index in [9.17, 15) is 0 Å². The zero-order valence-electron chi connectivity index (χ0n) is 10.6. The maximum Gasteiger partial charge on any atom is 0.216 e. The molecule has 2 heterocycles. The van der Waals surface area contributed by atoms with Crippen molar-refractivity contribution in [2.24, 2.45) is 0 Å². The minimum absolute atomic E-state index is 0.432. The number of halogens is 1. The van der Waals surface area contributed by atoms with Gasteiger partial charge < -0.3 is 9.47 Å². The summed E-state index contributed by atoms with van der Waals surface area (Å²) in [5.41, 5.74) is 1.01. The van der Waals surface area contributed by atoms with Crippen LogP contribution in [0.1, 0.15) is 31.4 Å². The Morgan fingerprint density at radius 2 is 2.44 bits per heavy atom. The summed E-state index contributed by atoms with van der Waals surface area (Å²) in [5, 5.41) is 0. The van der Waals surface area contributed by atoms with Crippen LogP contribution in [0.5, 0.6) is 5.88 Å². The lowest BCUT2D eigenvalue weighted by Gasteiger charge is -2.13. The molecule has 1 aromatic rings. The van der Waals surface area contributed by atoms with Gasteiger partial charge in [0.15, 0.2) is 0 Å². The van der Waals surface area contributed by atoms with E-state index in [0.29, 0.717) is 16.8 Å². The predicted molar refractivity (Wildman–Crippen MR) is 73.2 cm³/mol. The molecule has 0 N–H and O–H groups in total. The van der Waals surface area contributed by atoms with Crippen LogP contribution in [0.25, 0.3) is 0 Å². The standard InChI is InChI=1S/C13H19BrN2O2/c1-17-13-8-11(15-9-16-13)7-10(14)4-5-12-3-2-6-18-12/h8-10,12H,2-7H2,1H3. The molecule has 1 fully saturated rings. The normalized spacial score (nSPS) is 20.9. The minimum atomic E-state index is 0.432. The molecule has 5 heteroatoms. The molecule has 2 rings (SSSR count). The predicted octanol–water partition coefficient (Wildman–Crippen LogP) is 2.75. The quantitative estimate of drug-likeness (QED) is 0.757. The molecule has 0 saturated carbocycles. The lowest BCUT2D eigenvalue weighted by molar-refractivity contribution is 0.102. The fourth-order valence-corrected chi connectivity index (χ4v) is 2.76. The van der Waals surface area contributed by atoms with E-state index in [2.05, 4.69) is 25.9 Å². The highest BCUT2D eigenvalue weighted by Gasteiger charge is 2.17. The van der Waals surface area contributed by atoms with E-state index in [1.807, 2.05) is 6.07 Å². The van der Waals surface area contributed by atoms with Gasteiger partial charge in [0.1, 0.15) is 6.33 Å². The van der Waals surface area contributed by atoms with Crippen molar-refractivity contribution in [2.45, 2.75) is 43.0 Å². The van der Waals surface area contributed by atoms with E-state index in [-0.39, 0.29) is 0 Å². The maximum absolute atomic E-state index is 5.62. The Balaban J connectivity index is 1.76. The Hall–Kier alpha value is -0.680. The molecule has 0 spiro atoms. The molecule has 0 aliphatic carbocycles. The van der Waals surface area contributed by atoms with Gasteiger partial charge in [-0.05, 0) is 25.7 Å². The van der Waals surface area contributed by atoms with Crippen molar-refractivity contribution in [1.82, 2.24) is 9.97 Å². The molecule has 1 saturated heterocycles. The molecule has 0 radical (unpaired) electrons. The average molecular weight is 315 g/mol. The van der Waals surface area contributed by atoms with E-state index in [1.165, 1.54) is 12.8 Å². The summed E-state index contributed by atoms with van der Waals surface area (Å²) in [6.45, 7) is 0.931. The van der Waals surface area contributed by atoms with E-state index in [0.717, 1.165) is 31.6 Å². The first-order valence-electron chi connectivity index (χ1n) is 6.38. The number of methoxy groups -OCH3 is 1. The number of alkyl halides is 1. The second kappa shape index (κ2) is 7.04. The number of aromatic nitrogens is 2. The molecule has 1 aliphatic heterocycles. The number of nitrogens with zero attached hydrogens (tertiary/aromatic N) is 2. The highest BCUT2D eigenvalue weighted by molar-refractivity contribution is 9.09. The SMILES string of the molecule is COc1cc(CC(Br)CCC2CCCO2)ncn1. The van der Waals surface area contributed by atoms with Gasteiger partial charge in [-0.15, -0.1) is 0 Å². The Morgan fingerprint density at radius 1 is 1.56 bits per heavy atom. The summed E-state index contributed by atoms with van der Waals surface area (Å²) in [6, 6.07) is 1.89. The molecule has 1 aliphatic rings. The maximum atomic E-state index is 5.62. The van der Waals surface area contributed by atoms with Gasteiger partial charge in [-0.2, -0.15) is 0 Å². The minimum Gasteiger partial charge on any atom is -0.481 e. The lowest BCUT2D eigenvalue weighted by atomic mass is 10.1. The van der Waals surface area contributed by atoms with E-state index in [1.54, 1.807) is 13.4 Å². The first-order chi connectivity index (χ1) is 8.78. The van der Waals surface area contributed by atoms with Crippen molar-refractivity contribution in [3.8, 4) is 5.88 Å². The number of rotatable bonds is 6. The van der Waals surface area contributed by atoms with Crippen molar-refractivity contribution in [3.63, 3.8) is 0 Å². The van der Waals surface area contributed by atoms with Gasteiger partial charge in [-0.25, -0.2) is 9.97 Å². The molecule has 100 valence electrons. The van der Waals surface area contributed by atoms with E-state index in [4.69, 9.17) is 9.47 Å². The molecule has 1 aromatic heterocycles. The Bertz CT molecular complexity index is 370. The van der Waals surface area contributed by atoms with Gasteiger partial charge in [0.25, 0.3) is 0 Å². The summed E-state index contributed by atoms with van der Waals surface area (Å²) in [7, 11) is 1.62. The Morgan fingerprint density at radius 3 is 3.17 bits per heavy atom. The van der Waals surface area contributed by atoms with Crippen LogP contribution in [-0.2, 0) is 11.2 Å². The van der Waals surface area contributed by atoms with Crippen LogP contribution in [-0.4, -0.2) is 34.6 Å². The Kier molecular flexibility index (Phi) is 5.38. The zero-order valence-corrected chi connectivity index (χ0v) is 12.2. The lowest BCUT2D eigenvalue weighted by Crippen LogP contribution is -2.11. The second-order valence-electron chi connectivity index (χ2n) is 4.57. The van der Waals surface area contributed by atoms with Crippen molar-refractivity contribution in [2.75, 3.05) is 13.7 Å². The molecule has 0 bridgehead atoms. The molecule has 4 nitrogen and oxygen atoms in total. The first kappa shape index (κ1) is 13.7. The summed E-state index contributed by atoms with van der Waals surface area (Å²) in [4.78, 5) is 8.69. The third-order valence-corrected chi connectivity index (χ3v) is 3.95. The van der Waals surface area contributed by atoms with E-state index >= 15 is 0 Å².